The molecule has 0 saturated carbocycles. The summed E-state index contributed by atoms with van der Waals surface area (Å²) in [5, 5.41) is 5.17. The lowest BCUT2D eigenvalue weighted by molar-refractivity contribution is -0.152. The molecular weight excluding hydrogens is 373 g/mol. The molecule has 0 aromatic carbocycles. The second-order valence-corrected chi connectivity index (χ2v) is 5.61. The molecule has 25 heavy (non-hydrogen) atoms. The lowest BCUT2D eigenvalue weighted by Crippen LogP contribution is -2.35. The molecule has 0 radical (unpaired) electrons. The van der Waals surface area contributed by atoms with Crippen molar-refractivity contribution in [2.75, 3.05) is 11.9 Å². The van der Waals surface area contributed by atoms with Gasteiger partial charge in [0.2, 0.25) is 0 Å². The van der Waals surface area contributed by atoms with Crippen LogP contribution in [0.15, 0.2) is 35.1 Å². The summed E-state index contributed by atoms with van der Waals surface area (Å²) in [7, 11) is 0. The highest BCUT2D eigenvalue weighted by molar-refractivity contribution is 6.36. The van der Waals surface area contributed by atoms with Gasteiger partial charge in [0.05, 0.1) is 16.3 Å². The average molecular weight is 386 g/mol. The molecule has 2 amide bonds. The van der Waals surface area contributed by atoms with Crippen LogP contribution in [0.2, 0.25) is 10.0 Å². The molecule has 2 heterocycles. The zero-order valence-electron chi connectivity index (χ0n) is 12.9. The maximum atomic E-state index is 12.0. The van der Waals surface area contributed by atoms with Crippen molar-refractivity contribution in [3.63, 3.8) is 0 Å². The monoisotopic (exact) mass is 385 g/mol. The van der Waals surface area contributed by atoms with Crippen LogP contribution in [0, 0.1) is 0 Å². The molecule has 2 aromatic rings. The SMILES string of the molecule is C[C@@H](OC(=O)CNC(=O)c1ccco1)C(=O)Nc1ncc(Cl)cc1Cl. The van der Waals surface area contributed by atoms with Crippen LogP contribution in [0.3, 0.4) is 0 Å². The Morgan fingerprint density at radius 3 is 2.76 bits per heavy atom. The molecule has 0 aliphatic heterocycles. The summed E-state index contributed by atoms with van der Waals surface area (Å²) in [4.78, 5) is 39.2. The van der Waals surface area contributed by atoms with Gasteiger partial charge >= 0.3 is 5.97 Å². The third kappa shape index (κ3) is 5.47. The molecular formula is C15H13Cl2N3O5. The van der Waals surface area contributed by atoms with E-state index in [-0.39, 0.29) is 16.6 Å². The highest BCUT2D eigenvalue weighted by Crippen LogP contribution is 2.22. The van der Waals surface area contributed by atoms with E-state index in [1.165, 1.54) is 37.6 Å². The zero-order valence-corrected chi connectivity index (χ0v) is 14.4. The maximum absolute atomic E-state index is 12.0. The molecule has 132 valence electrons. The van der Waals surface area contributed by atoms with Crippen molar-refractivity contribution in [1.29, 1.82) is 0 Å². The Balaban J connectivity index is 1.81. The zero-order chi connectivity index (χ0) is 18.4. The van der Waals surface area contributed by atoms with Crippen LogP contribution in [0.1, 0.15) is 17.5 Å². The number of aromatic nitrogens is 1. The molecule has 0 bridgehead atoms. The number of nitrogens with one attached hydrogen (secondary N) is 2. The van der Waals surface area contributed by atoms with Crippen LogP contribution in [0.4, 0.5) is 5.82 Å². The Labute approximate surface area is 152 Å². The van der Waals surface area contributed by atoms with Crippen molar-refractivity contribution >= 4 is 46.8 Å². The van der Waals surface area contributed by atoms with Crippen LogP contribution in [-0.2, 0) is 14.3 Å². The summed E-state index contributed by atoms with van der Waals surface area (Å²) in [6, 6.07) is 4.39. The summed E-state index contributed by atoms with van der Waals surface area (Å²) in [5.74, 6) is -1.86. The fourth-order valence-corrected chi connectivity index (χ4v) is 2.09. The number of amides is 2. The molecule has 2 rings (SSSR count). The van der Waals surface area contributed by atoms with Crippen LogP contribution in [0.25, 0.3) is 0 Å². The first-order chi connectivity index (χ1) is 11.9. The van der Waals surface area contributed by atoms with E-state index in [0.29, 0.717) is 5.02 Å². The number of pyridine rings is 1. The number of rotatable bonds is 6. The quantitative estimate of drug-likeness (QED) is 0.737. The number of hydrogen-bond donors (Lipinski definition) is 2. The molecule has 0 aliphatic carbocycles. The number of hydrogen-bond acceptors (Lipinski definition) is 6. The number of anilines is 1. The fourth-order valence-electron chi connectivity index (χ4n) is 1.66. The topological polar surface area (TPSA) is 111 Å². The van der Waals surface area contributed by atoms with E-state index in [1.807, 2.05) is 0 Å². The van der Waals surface area contributed by atoms with Crippen LogP contribution in [-0.4, -0.2) is 35.4 Å². The van der Waals surface area contributed by atoms with Crippen molar-refractivity contribution in [3.05, 3.63) is 46.5 Å². The summed E-state index contributed by atoms with van der Waals surface area (Å²) in [5.41, 5.74) is 0. The number of furan rings is 1. The summed E-state index contributed by atoms with van der Waals surface area (Å²) >= 11 is 11.6. The van der Waals surface area contributed by atoms with E-state index in [2.05, 4.69) is 15.6 Å². The van der Waals surface area contributed by atoms with Gasteiger partial charge in [-0.3, -0.25) is 14.4 Å². The molecule has 0 fully saturated rings. The minimum atomic E-state index is -1.12. The Kier molecular flexibility index (Phi) is 6.37. The molecule has 2 aromatic heterocycles. The molecule has 8 nitrogen and oxygen atoms in total. The standard InChI is InChI=1S/C15H13Cl2N3O5/c1-8(14(22)20-13-10(17)5-9(16)6-18-13)25-12(21)7-19-15(23)11-3-2-4-24-11/h2-6,8H,7H2,1H3,(H,19,23)(H,18,20,22)/t8-/m1/s1. The van der Waals surface area contributed by atoms with Gasteiger partial charge in [-0.1, -0.05) is 23.2 Å². The summed E-state index contributed by atoms with van der Waals surface area (Å²) in [6.07, 6.45) is 1.51. The molecule has 0 unspecified atom stereocenters. The van der Waals surface area contributed by atoms with E-state index in [4.69, 9.17) is 32.4 Å². The first kappa shape index (κ1) is 18.8. The van der Waals surface area contributed by atoms with Crippen LogP contribution >= 0.6 is 23.2 Å². The molecule has 0 aliphatic rings. The molecule has 10 heteroatoms. The predicted octanol–water partition coefficient (Wildman–Crippen LogP) is 2.28. The molecule has 2 N–H and O–H groups in total. The van der Waals surface area contributed by atoms with E-state index in [9.17, 15) is 14.4 Å². The number of ether oxygens (including phenoxy) is 1. The maximum Gasteiger partial charge on any atom is 0.326 e. The molecule has 1 atom stereocenters. The van der Waals surface area contributed by atoms with Crippen molar-refractivity contribution in [2.45, 2.75) is 13.0 Å². The Bertz CT molecular complexity index is 779. The summed E-state index contributed by atoms with van der Waals surface area (Å²) < 4.78 is 9.80. The van der Waals surface area contributed by atoms with Crippen molar-refractivity contribution in [1.82, 2.24) is 10.3 Å². The lowest BCUT2D eigenvalue weighted by atomic mass is 10.3. The minimum absolute atomic E-state index is 0.0575. The van der Waals surface area contributed by atoms with E-state index in [1.54, 1.807) is 0 Å². The number of halogens is 2. The largest absolute Gasteiger partial charge is 0.459 e. The first-order valence-electron chi connectivity index (χ1n) is 7.00. The number of carbonyl (C=O) groups is 3. The fraction of sp³-hybridized carbons (Fsp3) is 0.200. The number of esters is 1. The van der Waals surface area contributed by atoms with Crippen molar-refractivity contribution in [3.8, 4) is 0 Å². The lowest BCUT2D eigenvalue weighted by Gasteiger charge is -2.14. The van der Waals surface area contributed by atoms with Gasteiger partial charge in [0, 0.05) is 6.20 Å². The Morgan fingerprint density at radius 2 is 2.12 bits per heavy atom. The van der Waals surface area contributed by atoms with E-state index in [0.717, 1.165) is 0 Å². The smallest absolute Gasteiger partial charge is 0.326 e. The highest BCUT2D eigenvalue weighted by Gasteiger charge is 2.20. The van der Waals surface area contributed by atoms with Crippen LogP contribution in [0.5, 0.6) is 0 Å². The normalized spacial score (nSPS) is 11.5. The van der Waals surface area contributed by atoms with Crippen molar-refractivity contribution in [2.24, 2.45) is 0 Å². The third-order valence-corrected chi connectivity index (χ3v) is 3.36. The van der Waals surface area contributed by atoms with Gasteiger partial charge in [-0.15, -0.1) is 0 Å². The first-order valence-corrected chi connectivity index (χ1v) is 7.75. The number of carbonyl (C=O) groups excluding carboxylic acids is 3. The van der Waals surface area contributed by atoms with Gasteiger partial charge in [-0.2, -0.15) is 0 Å². The average Bonchev–Trinajstić information content (AvgIpc) is 3.09. The van der Waals surface area contributed by atoms with Crippen molar-refractivity contribution < 1.29 is 23.5 Å². The highest BCUT2D eigenvalue weighted by atomic mass is 35.5. The van der Waals surface area contributed by atoms with Gasteiger partial charge in [0.15, 0.2) is 17.7 Å². The summed E-state index contributed by atoms with van der Waals surface area (Å²) in [6.45, 7) is 0.947. The Hall–Kier alpha value is -2.58. The van der Waals surface area contributed by atoms with E-state index >= 15 is 0 Å². The van der Waals surface area contributed by atoms with Gasteiger partial charge < -0.3 is 19.8 Å². The minimum Gasteiger partial charge on any atom is -0.459 e. The van der Waals surface area contributed by atoms with E-state index < -0.39 is 30.4 Å². The molecule has 0 spiro atoms. The second-order valence-electron chi connectivity index (χ2n) is 4.77. The van der Waals surface area contributed by atoms with Gasteiger partial charge in [0.25, 0.3) is 11.8 Å². The third-order valence-electron chi connectivity index (χ3n) is 2.87. The van der Waals surface area contributed by atoms with Gasteiger partial charge in [0.1, 0.15) is 6.54 Å². The molecule has 0 saturated heterocycles. The van der Waals surface area contributed by atoms with Crippen LogP contribution < -0.4 is 10.6 Å². The van der Waals surface area contributed by atoms with Gasteiger partial charge in [-0.05, 0) is 25.1 Å². The van der Waals surface area contributed by atoms with Gasteiger partial charge in [-0.25, -0.2) is 4.98 Å². The predicted molar refractivity (Wildman–Crippen MR) is 89.5 cm³/mol. The number of nitrogens with zero attached hydrogens (tertiary/aromatic N) is 1. The Morgan fingerprint density at radius 1 is 1.36 bits per heavy atom. The second kappa shape index (κ2) is 8.50.